The second kappa shape index (κ2) is 8.93. The van der Waals surface area contributed by atoms with Crippen molar-refractivity contribution in [1.29, 1.82) is 0 Å². The number of hydrogen-bond acceptors (Lipinski definition) is 5. The van der Waals surface area contributed by atoms with Crippen molar-refractivity contribution in [2.45, 2.75) is 20.8 Å². The predicted octanol–water partition coefficient (Wildman–Crippen LogP) is 4.50. The summed E-state index contributed by atoms with van der Waals surface area (Å²) in [5.41, 5.74) is 2.46. The molecule has 0 fully saturated rings. The molecule has 1 aromatic heterocycles. The second-order valence-corrected chi connectivity index (χ2v) is 6.65. The van der Waals surface area contributed by atoms with Crippen molar-refractivity contribution >= 4 is 11.0 Å². The monoisotopic (exact) mass is 381 g/mol. The molecule has 3 aromatic rings. The van der Waals surface area contributed by atoms with Gasteiger partial charge in [0.1, 0.15) is 23.7 Å². The van der Waals surface area contributed by atoms with Crippen LogP contribution in [0.1, 0.15) is 19.4 Å². The summed E-state index contributed by atoms with van der Waals surface area (Å²) in [6.45, 7) is 9.79. The topological polar surface area (TPSA) is 51.9 Å². The fourth-order valence-corrected chi connectivity index (χ4v) is 3.35. The Kier molecular flexibility index (Phi) is 6.37. The fourth-order valence-electron chi connectivity index (χ4n) is 3.35. The SMILES string of the molecule is CCN(CC)CCOc1ccc(-c2c(C)c3ccc(OC)cc3oc2=O)cc1. The van der Waals surface area contributed by atoms with Crippen LogP contribution in [0.3, 0.4) is 0 Å². The number of rotatable bonds is 8. The summed E-state index contributed by atoms with van der Waals surface area (Å²) in [5.74, 6) is 1.46. The lowest BCUT2D eigenvalue weighted by atomic mass is 9.99. The van der Waals surface area contributed by atoms with E-state index >= 15 is 0 Å². The van der Waals surface area contributed by atoms with Gasteiger partial charge >= 0.3 is 5.63 Å². The highest BCUT2D eigenvalue weighted by molar-refractivity contribution is 5.87. The van der Waals surface area contributed by atoms with E-state index in [9.17, 15) is 4.79 Å². The Balaban J connectivity index is 1.83. The van der Waals surface area contributed by atoms with Gasteiger partial charge in [0.15, 0.2) is 0 Å². The van der Waals surface area contributed by atoms with Crippen LogP contribution in [0.15, 0.2) is 51.7 Å². The van der Waals surface area contributed by atoms with Crippen LogP contribution in [0.4, 0.5) is 0 Å². The summed E-state index contributed by atoms with van der Waals surface area (Å²) in [4.78, 5) is 14.9. The van der Waals surface area contributed by atoms with Gasteiger partial charge in [-0.25, -0.2) is 4.79 Å². The molecular formula is C23H27NO4. The maximum absolute atomic E-state index is 12.6. The van der Waals surface area contributed by atoms with Crippen LogP contribution in [0, 0.1) is 6.92 Å². The smallest absolute Gasteiger partial charge is 0.344 e. The normalized spacial score (nSPS) is 11.2. The van der Waals surface area contributed by atoms with Crippen LogP contribution in [-0.4, -0.2) is 38.3 Å². The first-order valence-electron chi connectivity index (χ1n) is 9.64. The van der Waals surface area contributed by atoms with Crippen LogP contribution >= 0.6 is 0 Å². The number of hydrogen-bond donors (Lipinski definition) is 0. The van der Waals surface area contributed by atoms with E-state index in [4.69, 9.17) is 13.9 Å². The molecule has 3 rings (SSSR count). The molecule has 1 heterocycles. The lowest BCUT2D eigenvalue weighted by molar-refractivity contribution is 0.223. The summed E-state index contributed by atoms with van der Waals surface area (Å²) in [6, 6.07) is 13.1. The quantitative estimate of drug-likeness (QED) is 0.538. The third kappa shape index (κ3) is 4.20. The van der Waals surface area contributed by atoms with E-state index in [2.05, 4.69) is 18.7 Å². The number of fused-ring (bicyclic) bond motifs is 1. The van der Waals surface area contributed by atoms with Crippen LogP contribution in [-0.2, 0) is 0 Å². The number of methoxy groups -OCH3 is 1. The summed E-state index contributed by atoms with van der Waals surface area (Å²) in [6.07, 6.45) is 0. The Labute approximate surface area is 165 Å². The van der Waals surface area contributed by atoms with Crippen LogP contribution in [0.2, 0.25) is 0 Å². The lowest BCUT2D eigenvalue weighted by Crippen LogP contribution is -2.27. The average Bonchev–Trinajstić information content (AvgIpc) is 2.71. The number of nitrogens with zero attached hydrogens (tertiary/aromatic N) is 1. The molecule has 0 radical (unpaired) electrons. The van der Waals surface area contributed by atoms with Gasteiger partial charge in [0.05, 0.1) is 12.7 Å². The summed E-state index contributed by atoms with van der Waals surface area (Å²) < 4.78 is 16.6. The van der Waals surface area contributed by atoms with Gasteiger partial charge in [0.2, 0.25) is 0 Å². The highest BCUT2D eigenvalue weighted by Gasteiger charge is 2.14. The van der Waals surface area contributed by atoms with E-state index in [1.807, 2.05) is 43.3 Å². The molecule has 5 heteroatoms. The first-order valence-corrected chi connectivity index (χ1v) is 9.64. The van der Waals surface area contributed by atoms with E-state index in [1.54, 1.807) is 13.2 Å². The zero-order chi connectivity index (χ0) is 20.1. The van der Waals surface area contributed by atoms with E-state index in [-0.39, 0.29) is 5.63 Å². The first-order chi connectivity index (χ1) is 13.6. The zero-order valence-corrected chi connectivity index (χ0v) is 17.0. The highest BCUT2D eigenvalue weighted by Crippen LogP contribution is 2.29. The van der Waals surface area contributed by atoms with Gasteiger partial charge < -0.3 is 18.8 Å². The minimum Gasteiger partial charge on any atom is -0.497 e. The summed E-state index contributed by atoms with van der Waals surface area (Å²) in [5, 5.41) is 0.898. The van der Waals surface area contributed by atoms with Crippen molar-refractivity contribution in [2.24, 2.45) is 0 Å². The fraction of sp³-hybridized carbons (Fsp3) is 0.348. The van der Waals surface area contributed by atoms with Crippen molar-refractivity contribution in [1.82, 2.24) is 4.90 Å². The maximum atomic E-state index is 12.6. The molecule has 0 spiro atoms. The van der Waals surface area contributed by atoms with Crippen LogP contribution in [0.5, 0.6) is 11.5 Å². The zero-order valence-electron chi connectivity index (χ0n) is 17.0. The van der Waals surface area contributed by atoms with Gasteiger partial charge in [-0.15, -0.1) is 0 Å². The molecule has 148 valence electrons. The predicted molar refractivity (Wildman–Crippen MR) is 112 cm³/mol. The standard InChI is InChI=1S/C23H27NO4/c1-5-24(6-2)13-14-27-18-9-7-17(8-10-18)22-16(3)20-12-11-19(26-4)15-21(20)28-23(22)25/h7-12,15H,5-6,13-14H2,1-4H3. The van der Waals surface area contributed by atoms with Crippen molar-refractivity contribution in [3.8, 4) is 22.6 Å². The van der Waals surface area contributed by atoms with Gasteiger partial charge in [-0.3, -0.25) is 0 Å². The van der Waals surface area contributed by atoms with Gasteiger partial charge in [0.25, 0.3) is 0 Å². The summed E-state index contributed by atoms with van der Waals surface area (Å²) in [7, 11) is 1.59. The first kappa shape index (κ1) is 20.0. The molecule has 0 N–H and O–H groups in total. The van der Waals surface area contributed by atoms with Crippen molar-refractivity contribution in [3.63, 3.8) is 0 Å². The second-order valence-electron chi connectivity index (χ2n) is 6.65. The van der Waals surface area contributed by atoms with Crippen LogP contribution < -0.4 is 15.1 Å². The van der Waals surface area contributed by atoms with E-state index in [0.717, 1.165) is 41.9 Å². The van der Waals surface area contributed by atoms with E-state index in [0.29, 0.717) is 23.5 Å². The molecule has 2 aromatic carbocycles. The van der Waals surface area contributed by atoms with E-state index in [1.165, 1.54) is 0 Å². The number of aryl methyl sites for hydroxylation is 1. The molecule has 0 atom stereocenters. The molecular weight excluding hydrogens is 354 g/mol. The summed E-state index contributed by atoms with van der Waals surface area (Å²) >= 11 is 0. The molecule has 0 saturated carbocycles. The third-order valence-electron chi connectivity index (χ3n) is 5.09. The van der Waals surface area contributed by atoms with Crippen molar-refractivity contribution < 1.29 is 13.9 Å². The molecule has 28 heavy (non-hydrogen) atoms. The average molecular weight is 381 g/mol. The minimum atomic E-state index is -0.353. The van der Waals surface area contributed by atoms with Gasteiger partial charge in [-0.05, 0) is 55.4 Å². The minimum absolute atomic E-state index is 0.353. The lowest BCUT2D eigenvalue weighted by Gasteiger charge is -2.18. The Morgan fingerprint density at radius 3 is 2.32 bits per heavy atom. The third-order valence-corrected chi connectivity index (χ3v) is 5.09. The molecule has 0 aliphatic carbocycles. The number of benzene rings is 2. The molecule has 0 bridgehead atoms. The highest BCUT2D eigenvalue weighted by atomic mass is 16.5. The van der Waals surface area contributed by atoms with Gasteiger partial charge in [-0.2, -0.15) is 0 Å². The Morgan fingerprint density at radius 2 is 1.68 bits per heavy atom. The number of ether oxygens (including phenoxy) is 2. The molecule has 5 nitrogen and oxygen atoms in total. The molecule has 0 saturated heterocycles. The molecule has 0 aliphatic heterocycles. The Hall–Kier alpha value is -2.79. The molecule has 0 unspecified atom stereocenters. The molecule has 0 aliphatic rings. The Morgan fingerprint density at radius 1 is 1.00 bits per heavy atom. The van der Waals surface area contributed by atoms with Gasteiger partial charge in [0, 0.05) is 18.0 Å². The maximum Gasteiger partial charge on any atom is 0.344 e. The van der Waals surface area contributed by atoms with Crippen molar-refractivity contribution in [2.75, 3.05) is 33.4 Å². The van der Waals surface area contributed by atoms with Crippen molar-refractivity contribution in [3.05, 3.63) is 58.4 Å². The Bertz CT molecular complexity index is 988. The largest absolute Gasteiger partial charge is 0.497 e. The van der Waals surface area contributed by atoms with Gasteiger partial charge in [-0.1, -0.05) is 26.0 Å². The van der Waals surface area contributed by atoms with E-state index < -0.39 is 0 Å². The number of likely N-dealkylation sites (N-methyl/N-ethyl adjacent to an activating group) is 1. The molecule has 0 amide bonds. The van der Waals surface area contributed by atoms with Crippen LogP contribution in [0.25, 0.3) is 22.1 Å².